The number of thiocarbonyl (C=S) groups is 1. The highest BCUT2D eigenvalue weighted by molar-refractivity contribution is 9.10. The van der Waals surface area contributed by atoms with E-state index in [1.807, 2.05) is 13.0 Å². The van der Waals surface area contributed by atoms with Gasteiger partial charge in [0.25, 0.3) is 0 Å². The van der Waals surface area contributed by atoms with Crippen LogP contribution in [0.5, 0.6) is 11.5 Å². The number of ether oxygens (including phenoxy) is 1. The van der Waals surface area contributed by atoms with Crippen LogP contribution in [-0.4, -0.2) is 16.7 Å². The number of phenolic OH excluding ortho intramolecular Hbond substituents is 1. The maximum Gasteiger partial charge on any atom is 0.161 e. The molecule has 4 nitrogen and oxygen atoms in total. The average Bonchev–Trinajstić information content (AvgIpc) is 2.30. The lowest BCUT2D eigenvalue weighted by Crippen LogP contribution is -2.09. The van der Waals surface area contributed by atoms with Gasteiger partial charge >= 0.3 is 0 Å². The van der Waals surface area contributed by atoms with E-state index in [2.05, 4.69) is 15.9 Å². The second-order valence-electron chi connectivity index (χ2n) is 3.31. The molecule has 0 aliphatic carbocycles. The van der Waals surface area contributed by atoms with Crippen molar-refractivity contribution >= 4 is 39.2 Å². The molecule has 1 rings (SSSR count). The second-order valence-corrected chi connectivity index (χ2v) is 4.60. The van der Waals surface area contributed by atoms with Crippen molar-refractivity contribution in [2.75, 3.05) is 6.61 Å². The molecule has 6 heteroatoms. The Kier molecular flexibility index (Phi) is 5.13. The molecule has 0 heterocycles. The molecular formula is C12H11BrN2O2S. The van der Waals surface area contributed by atoms with Crippen molar-refractivity contribution in [1.82, 2.24) is 0 Å². The van der Waals surface area contributed by atoms with Crippen LogP contribution in [0.4, 0.5) is 0 Å². The number of benzene rings is 1. The highest BCUT2D eigenvalue weighted by Gasteiger charge is 2.09. The fraction of sp³-hybridized carbons (Fsp3) is 0.167. The molecule has 0 aliphatic heterocycles. The molecule has 0 bridgehead atoms. The third-order valence-electron chi connectivity index (χ3n) is 2.06. The number of aromatic hydroxyl groups is 1. The van der Waals surface area contributed by atoms with E-state index < -0.39 is 0 Å². The lowest BCUT2D eigenvalue weighted by Gasteiger charge is -2.08. The molecule has 18 heavy (non-hydrogen) atoms. The van der Waals surface area contributed by atoms with E-state index >= 15 is 0 Å². The summed E-state index contributed by atoms with van der Waals surface area (Å²) in [7, 11) is 0. The van der Waals surface area contributed by atoms with E-state index in [1.165, 1.54) is 12.1 Å². The largest absolute Gasteiger partial charge is 0.504 e. The van der Waals surface area contributed by atoms with Crippen LogP contribution >= 0.6 is 28.1 Å². The Hall–Kier alpha value is -1.58. The summed E-state index contributed by atoms with van der Waals surface area (Å²) in [5, 5.41) is 18.6. The number of rotatable bonds is 4. The number of nitrogens with two attached hydrogens (primary N) is 1. The first-order chi connectivity index (χ1) is 8.49. The van der Waals surface area contributed by atoms with E-state index in [0.29, 0.717) is 22.4 Å². The van der Waals surface area contributed by atoms with E-state index in [4.69, 9.17) is 28.0 Å². The lowest BCUT2D eigenvalue weighted by molar-refractivity contribution is 0.318. The van der Waals surface area contributed by atoms with Crippen LogP contribution in [-0.2, 0) is 0 Å². The van der Waals surface area contributed by atoms with Crippen molar-refractivity contribution < 1.29 is 9.84 Å². The van der Waals surface area contributed by atoms with Crippen LogP contribution in [0.2, 0.25) is 0 Å². The molecule has 1 aromatic carbocycles. The summed E-state index contributed by atoms with van der Waals surface area (Å²) < 4.78 is 5.88. The zero-order valence-corrected chi connectivity index (χ0v) is 12.0. The predicted octanol–water partition coefficient (Wildman–Crippen LogP) is 2.75. The maximum absolute atomic E-state index is 9.66. The van der Waals surface area contributed by atoms with E-state index in [-0.39, 0.29) is 16.3 Å². The van der Waals surface area contributed by atoms with Gasteiger partial charge in [0, 0.05) is 4.47 Å². The molecule has 0 atom stereocenters. The Bertz CT molecular complexity index is 550. The molecule has 0 fully saturated rings. The van der Waals surface area contributed by atoms with E-state index in [0.717, 1.165) is 0 Å². The molecule has 1 aromatic rings. The summed E-state index contributed by atoms with van der Waals surface area (Å²) in [6.45, 7) is 2.24. The third kappa shape index (κ3) is 3.45. The molecular weight excluding hydrogens is 316 g/mol. The van der Waals surface area contributed by atoms with Crippen molar-refractivity contribution in [3.05, 3.63) is 27.7 Å². The Balaban J connectivity index is 3.29. The van der Waals surface area contributed by atoms with Gasteiger partial charge < -0.3 is 15.6 Å². The first-order valence-electron chi connectivity index (χ1n) is 5.06. The average molecular weight is 327 g/mol. The van der Waals surface area contributed by atoms with Gasteiger partial charge in [0.1, 0.15) is 11.1 Å². The first kappa shape index (κ1) is 14.5. The number of nitrogens with zero attached hydrogens (tertiary/aromatic N) is 1. The monoisotopic (exact) mass is 326 g/mol. The molecule has 0 amide bonds. The normalized spacial score (nSPS) is 10.8. The standard InChI is InChI=1S/C12H11BrN2O2S/c1-2-17-11-4-7(9(13)5-10(11)16)3-8(6-14)12(15)18/h3-5,16H,2H2,1H3,(H2,15,18)/b8-3-. The van der Waals surface area contributed by atoms with Crippen LogP contribution in [0.15, 0.2) is 22.2 Å². The Morgan fingerprint density at radius 3 is 2.83 bits per heavy atom. The Morgan fingerprint density at radius 1 is 1.67 bits per heavy atom. The summed E-state index contributed by atoms with van der Waals surface area (Å²) in [5.41, 5.74) is 6.26. The van der Waals surface area contributed by atoms with Crippen LogP contribution < -0.4 is 10.5 Å². The van der Waals surface area contributed by atoms with Gasteiger partial charge in [-0.1, -0.05) is 28.1 Å². The summed E-state index contributed by atoms with van der Waals surface area (Å²) in [6, 6.07) is 5.02. The van der Waals surface area contributed by atoms with Gasteiger partial charge in [0.05, 0.1) is 12.2 Å². The number of nitriles is 1. The molecule has 0 aromatic heterocycles. The zero-order chi connectivity index (χ0) is 13.7. The zero-order valence-electron chi connectivity index (χ0n) is 9.61. The van der Waals surface area contributed by atoms with Crippen molar-refractivity contribution in [2.45, 2.75) is 6.92 Å². The van der Waals surface area contributed by atoms with E-state index in [9.17, 15) is 5.11 Å². The highest BCUT2D eigenvalue weighted by Crippen LogP contribution is 2.33. The molecule has 94 valence electrons. The van der Waals surface area contributed by atoms with Crippen molar-refractivity contribution in [3.8, 4) is 17.6 Å². The van der Waals surface area contributed by atoms with Gasteiger partial charge in [-0.05, 0) is 30.7 Å². The molecule has 0 radical (unpaired) electrons. The maximum atomic E-state index is 9.66. The van der Waals surface area contributed by atoms with Crippen molar-refractivity contribution in [1.29, 1.82) is 5.26 Å². The van der Waals surface area contributed by atoms with Crippen LogP contribution in [0, 0.1) is 11.3 Å². The minimum Gasteiger partial charge on any atom is -0.504 e. The quantitative estimate of drug-likeness (QED) is 0.505. The summed E-state index contributed by atoms with van der Waals surface area (Å²) >= 11 is 8.05. The van der Waals surface area contributed by atoms with Crippen LogP contribution in [0.3, 0.4) is 0 Å². The molecule has 0 saturated heterocycles. The summed E-state index contributed by atoms with van der Waals surface area (Å²) in [6.07, 6.45) is 1.54. The fourth-order valence-corrected chi connectivity index (χ4v) is 1.80. The van der Waals surface area contributed by atoms with E-state index in [1.54, 1.807) is 6.07 Å². The minimum atomic E-state index is 0.0229. The Morgan fingerprint density at radius 2 is 2.33 bits per heavy atom. The van der Waals surface area contributed by atoms with Crippen LogP contribution in [0.25, 0.3) is 6.08 Å². The Labute approximate surface area is 119 Å². The summed E-state index contributed by atoms with van der Waals surface area (Å²) in [5.74, 6) is 0.363. The van der Waals surface area contributed by atoms with Gasteiger partial charge in [-0.15, -0.1) is 0 Å². The topological polar surface area (TPSA) is 79.3 Å². The number of hydrogen-bond acceptors (Lipinski definition) is 4. The minimum absolute atomic E-state index is 0.0229. The first-order valence-corrected chi connectivity index (χ1v) is 6.26. The van der Waals surface area contributed by atoms with Crippen molar-refractivity contribution in [3.63, 3.8) is 0 Å². The molecule has 0 aliphatic rings. The molecule has 0 unspecified atom stereocenters. The fourth-order valence-electron chi connectivity index (χ4n) is 1.25. The highest BCUT2D eigenvalue weighted by atomic mass is 79.9. The van der Waals surface area contributed by atoms with Crippen molar-refractivity contribution in [2.24, 2.45) is 5.73 Å². The molecule has 3 N–H and O–H groups in total. The molecule has 0 saturated carbocycles. The van der Waals surface area contributed by atoms with Gasteiger partial charge in [-0.25, -0.2) is 0 Å². The lowest BCUT2D eigenvalue weighted by atomic mass is 10.1. The summed E-state index contributed by atoms with van der Waals surface area (Å²) in [4.78, 5) is 0.0236. The van der Waals surface area contributed by atoms with Gasteiger partial charge in [0.15, 0.2) is 11.5 Å². The second kappa shape index (κ2) is 6.38. The number of hydrogen-bond donors (Lipinski definition) is 2. The van der Waals surface area contributed by atoms with Gasteiger partial charge in [0.2, 0.25) is 0 Å². The third-order valence-corrected chi connectivity index (χ3v) is 2.97. The van der Waals surface area contributed by atoms with Gasteiger partial charge in [-0.3, -0.25) is 0 Å². The molecule has 0 spiro atoms. The predicted molar refractivity (Wildman–Crippen MR) is 77.4 cm³/mol. The number of halogens is 1. The van der Waals surface area contributed by atoms with Gasteiger partial charge in [-0.2, -0.15) is 5.26 Å². The smallest absolute Gasteiger partial charge is 0.161 e. The van der Waals surface area contributed by atoms with Crippen LogP contribution in [0.1, 0.15) is 12.5 Å². The SMILES string of the molecule is CCOc1cc(/C=C(/C#N)C(N)=S)c(Br)cc1O. The number of phenols is 1.